The maximum Gasteiger partial charge on any atom is 0.320 e. The summed E-state index contributed by atoms with van der Waals surface area (Å²) in [4.78, 5) is 10.4. The number of carbonyl (C=O) groups is 1. The van der Waals surface area contributed by atoms with E-state index in [4.69, 9.17) is 9.84 Å². The van der Waals surface area contributed by atoms with E-state index in [0.29, 0.717) is 13.0 Å². The Morgan fingerprint density at radius 2 is 2.25 bits per heavy atom. The van der Waals surface area contributed by atoms with Gasteiger partial charge in [-0.15, -0.1) is 12.4 Å². The van der Waals surface area contributed by atoms with Crippen LogP contribution in [0.5, 0.6) is 0 Å². The summed E-state index contributed by atoms with van der Waals surface area (Å²) >= 11 is 0. The van der Waals surface area contributed by atoms with Gasteiger partial charge in [-0.05, 0) is 12.8 Å². The fraction of sp³-hybridized carbons (Fsp3) is 0.857. The lowest BCUT2D eigenvalue weighted by atomic mass is 10.0. The van der Waals surface area contributed by atoms with E-state index in [1.165, 1.54) is 0 Å². The van der Waals surface area contributed by atoms with Crippen LogP contribution in [0.3, 0.4) is 0 Å². The molecule has 0 amide bonds. The number of methoxy groups -OCH3 is 1. The maximum absolute atomic E-state index is 10.4. The van der Waals surface area contributed by atoms with Gasteiger partial charge >= 0.3 is 5.97 Å². The highest BCUT2D eigenvalue weighted by atomic mass is 35.5. The minimum Gasteiger partial charge on any atom is -0.480 e. The van der Waals surface area contributed by atoms with Crippen molar-refractivity contribution in [3.63, 3.8) is 0 Å². The van der Waals surface area contributed by atoms with Gasteiger partial charge in [-0.25, -0.2) is 0 Å². The lowest BCUT2D eigenvalue weighted by Crippen LogP contribution is -2.46. The van der Waals surface area contributed by atoms with Crippen molar-refractivity contribution in [1.82, 2.24) is 5.32 Å². The Hall–Kier alpha value is -0.320. The Bertz CT molecular complexity index is 146. The van der Waals surface area contributed by atoms with Crippen LogP contribution in [0.4, 0.5) is 0 Å². The molecule has 0 aliphatic carbocycles. The number of piperidine rings is 1. The molecular weight excluding hydrogens is 182 g/mol. The van der Waals surface area contributed by atoms with E-state index in [9.17, 15) is 4.79 Å². The van der Waals surface area contributed by atoms with E-state index >= 15 is 0 Å². The molecule has 1 heterocycles. The van der Waals surface area contributed by atoms with Crippen LogP contribution < -0.4 is 5.32 Å². The number of halogens is 1. The highest BCUT2D eigenvalue weighted by molar-refractivity contribution is 5.85. The van der Waals surface area contributed by atoms with Gasteiger partial charge in [0.1, 0.15) is 6.04 Å². The van der Waals surface area contributed by atoms with Gasteiger partial charge in [-0.3, -0.25) is 4.79 Å². The van der Waals surface area contributed by atoms with Crippen LogP contribution in [0, 0.1) is 0 Å². The van der Waals surface area contributed by atoms with Gasteiger partial charge in [0, 0.05) is 13.7 Å². The van der Waals surface area contributed by atoms with Crippen molar-refractivity contribution in [2.45, 2.75) is 25.0 Å². The van der Waals surface area contributed by atoms with Crippen LogP contribution >= 0.6 is 12.4 Å². The fourth-order valence-electron chi connectivity index (χ4n) is 1.24. The third-order valence-electron chi connectivity index (χ3n) is 2.00. The number of carboxylic acid groups (broad SMARTS) is 1. The largest absolute Gasteiger partial charge is 0.480 e. The molecule has 1 aliphatic heterocycles. The van der Waals surface area contributed by atoms with E-state index in [1.54, 1.807) is 7.11 Å². The average molecular weight is 196 g/mol. The monoisotopic (exact) mass is 195 g/mol. The van der Waals surface area contributed by atoms with Gasteiger partial charge in [0.2, 0.25) is 0 Å². The second-order valence-electron chi connectivity index (χ2n) is 2.73. The molecule has 0 aromatic carbocycles. The van der Waals surface area contributed by atoms with E-state index in [0.717, 1.165) is 6.42 Å². The Labute approximate surface area is 77.7 Å². The Morgan fingerprint density at radius 1 is 1.58 bits per heavy atom. The number of rotatable bonds is 2. The second-order valence-corrected chi connectivity index (χ2v) is 2.73. The third-order valence-corrected chi connectivity index (χ3v) is 2.00. The van der Waals surface area contributed by atoms with Crippen molar-refractivity contribution in [3.05, 3.63) is 0 Å². The van der Waals surface area contributed by atoms with Gasteiger partial charge in [-0.2, -0.15) is 0 Å². The highest BCUT2D eigenvalue weighted by Crippen LogP contribution is 2.10. The molecule has 0 bridgehead atoms. The number of hydrogen-bond donors (Lipinski definition) is 2. The summed E-state index contributed by atoms with van der Waals surface area (Å²) in [6, 6.07) is -0.374. The molecule has 12 heavy (non-hydrogen) atoms. The van der Waals surface area contributed by atoms with Crippen LogP contribution in [0.15, 0.2) is 0 Å². The quantitative estimate of drug-likeness (QED) is 0.664. The molecule has 1 saturated heterocycles. The molecule has 2 atom stereocenters. The standard InChI is InChI=1S/C7H13NO3.ClH/c1-11-5-2-3-6(7(9)10)8-4-5;/h5-6,8H,2-4H2,1H3,(H,9,10);1H/t5-,6+;/m1./s1. The number of carboxylic acids is 1. The number of aliphatic carboxylic acids is 1. The predicted octanol–water partition coefficient (Wildman–Crippen LogP) is 0.260. The molecular formula is C7H14ClNO3. The fourth-order valence-corrected chi connectivity index (χ4v) is 1.24. The normalized spacial score (nSPS) is 29.1. The van der Waals surface area contributed by atoms with Crippen LogP contribution in [-0.2, 0) is 9.53 Å². The zero-order chi connectivity index (χ0) is 8.27. The van der Waals surface area contributed by atoms with E-state index in [2.05, 4.69) is 5.32 Å². The van der Waals surface area contributed by atoms with Crippen LogP contribution in [0.2, 0.25) is 0 Å². The summed E-state index contributed by atoms with van der Waals surface area (Å²) < 4.78 is 5.06. The summed E-state index contributed by atoms with van der Waals surface area (Å²) in [5, 5.41) is 11.5. The Balaban J connectivity index is 0.00000121. The molecule has 0 saturated carbocycles. The molecule has 1 aliphatic rings. The molecule has 4 nitrogen and oxygen atoms in total. The molecule has 0 aromatic heterocycles. The molecule has 1 rings (SSSR count). The first kappa shape index (κ1) is 11.7. The molecule has 0 spiro atoms. The summed E-state index contributed by atoms with van der Waals surface area (Å²) in [7, 11) is 1.65. The number of hydrogen-bond acceptors (Lipinski definition) is 3. The lowest BCUT2D eigenvalue weighted by molar-refractivity contribution is -0.140. The Kier molecular flexibility index (Phi) is 5.20. The van der Waals surface area contributed by atoms with E-state index in [-0.39, 0.29) is 24.6 Å². The van der Waals surface area contributed by atoms with Crippen molar-refractivity contribution in [3.8, 4) is 0 Å². The summed E-state index contributed by atoms with van der Waals surface area (Å²) in [5.41, 5.74) is 0. The van der Waals surface area contributed by atoms with Crippen molar-refractivity contribution in [1.29, 1.82) is 0 Å². The van der Waals surface area contributed by atoms with Gasteiger partial charge < -0.3 is 15.2 Å². The molecule has 0 radical (unpaired) electrons. The van der Waals surface area contributed by atoms with Crippen molar-refractivity contribution in [2.75, 3.05) is 13.7 Å². The first-order valence-electron chi connectivity index (χ1n) is 3.73. The molecule has 0 unspecified atom stereocenters. The van der Waals surface area contributed by atoms with E-state index < -0.39 is 5.97 Å². The zero-order valence-electron chi connectivity index (χ0n) is 6.95. The predicted molar refractivity (Wildman–Crippen MR) is 46.7 cm³/mol. The van der Waals surface area contributed by atoms with Gasteiger partial charge in [0.15, 0.2) is 0 Å². The smallest absolute Gasteiger partial charge is 0.320 e. The molecule has 0 aromatic rings. The average Bonchev–Trinajstić information content (AvgIpc) is 2.05. The van der Waals surface area contributed by atoms with Gasteiger partial charge in [0.05, 0.1) is 6.10 Å². The van der Waals surface area contributed by atoms with Crippen molar-refractivity contribution < 1.29 is 14.6 Å². The number of ether oxygens (including phenoxy) is 1. The maximum atomic E-state index is 10.4. The minimum atomic E-state index is -0.764. The SMILES string of the molecule is CO[C@@H]1CC[C@@H](C(=O)O)NC1.Cl. The number of nitrogens with one attached hydrogen (secondary N) is 1. The van der Waals surface area contributed by atoms with E-state index in [1.807, 2.05) is 0 Å². The van der Waals surface area contributed by atoms with Crippen molar-refractivity contribution >= 4 is 18.4 Å². The van der Waals surface area contributed by atoms with Gasteiger partial charge in [0.25, 0.3) is 0 Å². The molecule has 72 valence electrons. The molecule has 2 N–H and O–H groups in total. The second kappa shape index (κ2) is 5.35. The topological polar surface area (TPSA) is 58.6 Å². The minimum absolute atomic E-state index is 0. The summed E-state index contributed by atoms with van der Waals surface area (Å²) in [6.07, 6.45) is 1.68. The lowest BCUT2D eigenvalue weighted by Gasteiger charge is -2.26. The third kappa shape index (κ3) is 2.97. The highest BCUT2D eigenvalue weighted by Gasteiger charge is 2.24. The summed E-state index contributed by atoms with van der Waals surface area (Å²) in [6.45, 7) is 0.646. The molecule has 5 heteroatoms. The first-order chi connectivity index (χ1) is 5.24. The first-order valence-corrected chi connectivity index (χ1v) is 3.73. The van der Waals surface area contributed by atoms with Crippen molar-refractivity contribution in [2.24, 2.45) is 0 Å². The van der Waals surface area contributed by atoms with Crippen LogP contribution in [0.25, 0.3) is 0 Å². The Morgan fingerprint density at radius 3 is 2.58 bits per heavy atom. The molecule has 1 fully saturated rings. The summed E-state index contributed by atoms with van der Waals surface area (Å²) in [5.74, 6) is -0.764. The zero-order valence-corrected chi connectivity index (χ0v) is 7.76. The van der Waals surface area contributed by atoms with Crippen LogP contribution in [0.1, 0.15) is 12.8 Å². The van der Waals surface area contributed by atoms with Gasteiger partial charge in [-0.1, -0.05) is 0 Å². The van der Waals surface area contributed by atoms with Crippen LogP contribution in [-0.4, -0.2) is 36.9 Å².